The van der Waals surface area contributed by atoms with E-state index in [9.17, 15) is 9.70 Å². The summed E-state index contributed by atoms with van der Waals surface area (Å²) in [6.45, 7) is 4.64. The number of hydrogen-bond acceptors (Lipinski definition) is 4. The molecule has 1 saturated carbocycles. The molecule has 124 valence electrons. The van der Waals surface area contributed by atoms with Gasteiger partial charge >= 0.3 is 5.91 Å². The first kappa shape index (κ1) is 16.1. The van der Waals surface area contributed by atoms with Crippen LogP contribution in [0.15, 0.2) is 11.4 Å². The molecule has 1 aromatic heterocycles. The molecule has 1 aromatic rings. The zero-order chi connectivity index (χ0) is 16.4. The van der Waals surface area contributed by atoms with E-state index in [4.69, 9.17) is 0 Å². The third kappa shape index (κ3) is 3.43. The number of nitrogens with one attached hydrogen (secondary N) is 1. The predicted octanol–water partition coefficient (Wildman–Crippen LogP) is 4.25. The van der Waals surface area contributed by atoms with Crippen LogP contribution in [0.2, 0.25) is 0 Å². The number of amides is 1. The highest BCUT2D eigenvalue weighted by molar-refractivity contribution is 5.96. The molecule has 2 aliphatic rings. The van der Waals surface area contributed by atoms with Gasteiger partial charge in [-0.25, -0.2) is 4.98 Å². The summed E-state index contributed by atoms with van der Waals surface area (Å²) >= 11 is 0. The number of anilines is 1. The molecule has 1 atom stereocenters. The van der Waals surface area contributed by atoms with Crippen molar-refractivity contribution in [2.24, 2.45) is 10.6 Å². The quantitative estimate of drug-likeness (QED) is 0.846. The Balaban J connectivity index is 1.88. The molecule has 5 nitrogen and oxygen atoms in total. The van der Waals surface area contributed by atoms with Gasteiger partial charge in [-0.05, 0) is 61.5 Å². The Hall–Kier alpha value is -1.78. The van der Waals surface area contributed by atoms with Crippen LogP contribution >= 0.6 is 0 Å². The fraction of sp³-hybridized carbons (Fsp3) is 0.667. The lowest BCUT2D eigenvalue weighted by Crippen LogP contribution is -2.32. The molecule has 1 N–H and O–H groups in total. The van der Waals surface area contributed by atoms with Crippen molar-refractivity contribution >= 4 is 11.7 Å². The van der Waals surface area contributed by atoms with E-state index in [0.717, 1.165) is 55.5 Å². The highest BCUT2D eigenvalue weighted by Gasteiger charge is 2.29. The minimum Gasteiger partial charge on any atom is -0.367 e. The Labute approximate surface area is 137 Å². The number of aromatic nitrogens is 1. The lowest BCUT2D eigenvalue weighted by atomic mass is 9.75. The molecule has 0 saturated heterocycles. The highest BCUT2D eigenvalue weighted by Crippen LogP contribution is 2.37. The maximum absolute atomic E-state index is 11.7. The van der Waals surface area contributed by atoms with E-state index < -0.39 is 5.91 Å². The van der Waals surface area contributed by atoms with Crippen molar-refractivity contribution in [3.8, 4) is 0 Å². The Morgan fingerprint density at radius 2 is 2.00 bits per heavy atom. The number of carbonyl (C=O) groups is 1. The van der Waals surface area contributed by atoms with Crippen molar-refractivity contribution in [1.82, 2.24) is 4.98 Å². The van der Waals surface area contributed by atoms with Gasteiger partial charge in [0.1, 0.15) is 5.82 Å². The van der Waals surface area contributed by atoms with E-state index in [1.165, 1.54) is 19.0 Å². The summed E-state index contributed by atoms with van der Waals surface area (Å²) in [6.07, 6.45) is 10.2. The second-order valence-electron chi connectivity index (χ2n) is 7.68. The first-order chi connectivity index (χ1) is 11.0. The molecule has 23 heavy (non-hydrogen) atoms. The molecule has 1 fully saturated rings. The molecular formula is C18H25N3O2. The number of carbonyl (C=O) groups excluding carboxylic acids is 1. The summed E-state index contributed by atoms with van der Waals surface area (Å²) in [5.41, 5.74) is 2.86. The van der Waals surface area contributed by atoms with Crippen LogP contribution < -0.4 is 5.32 Å². The van der Waals surface area contributed by atoms with E-state index in [2.05, 4.69) is 29.3 Å². The maximum Gasteiger partial charge on any atom is 0.318 e. The van der Waals surface area contributed by atoms with Crippen molar-refractivity contribution in [2.75, 3.05) is 5.32 Å². The summed E-state index contributed by atoms with van der Waals surface area (Å²) in [5.74, 6) is 0.214. The molecular weight excluding hydrogens is 290 g/mol. The highest BCUT2D eigenvalue weighted by atomic mass is 16.3. The third-order valence-electron chi connectivity index (χ3n) is 5.26. The number of nitroso groups, excluding NO2 is 1. The molecule has 2 aliphatic carbocycles. The van der Waals surface area contributed by atoms with Crippen molar-refractivity contribution in [3.63, 3.8) is 0 Å². The topological polar surface area (TPSA) is 71.4 Å². The van der Waals surface area contributed by atoms with E-state index in [-0.39, 0.29) is 0 Å². The zero-order valence-electron chi connectivity index (χ0n) is 14.0. The van der Waals surface area contributed by atoms with Gasteiger partial charge in [-0.3, -0.25) is 4.79 Å². The number of hydrogen-bond donors (Lipinski definition) is 1. The number of fused-ring (bicyclic) bond motifs is 1. The van der Waals surface area contributed by atoms with Gasteiger partial charge in [0.2, 0.25) is 0 Å². The Morgan fingerprint density at radius 3 is 2.70 bits per heavy atom. The second-order valence-corrected chi connectivity index (χ2v) is 7.68. The van der Waals surface area contributed by atoms with E-state index >= 15 is 0 Å². The molecule has 0 radical (unpaired) electrons. The fourth-order valence-electron chi connectivity index (χ4n) is 4.12. The van der Waals surface area contributed by atoms with Crippen molar-refractivity contribution < 1.29 is 4.79 Å². The minimum atomic E-state index is -0.694. The van der Waals surface area contributed by atoms with Crippen LogP contribution in [0.25, 0.3) is 0 Å². The predicted molar refractivity (Wildman–Crippen MR) is 90.7 cm³/mol. The van der Waals surface area contributed by atoms with Gasteiger partial charge in [0.25, 0.3) is 0 Å². The summed E-state index contributed by atoms with van der Waals surface area (Å²) in [6, 6.07) is 0.433. The monoisotopic (exact) mass is 315 g/mol. The smallest absolute Gasteiger partial charge is 0.318 e. The van der Waals surface area contributed by atoms with Crippen LogP contribution in [-0.2, 0) is 12.8 Å². The van der Waals surface area contributed by atoms with Crippen molar-refractivity contribution in [2.45, 2.75) is 71.3 Å². The molecule has 3 rings (SSSR count). The molecule has 0 spiro atoms. The number of nitrogens with zero attached hydrogens (tertiary/aromatic N) is 2. The maximum atomic E-state index is 11.7. The van der Waals surface area contributed by atoms with Crippen molar-refractivity contribution in [3.05, 3.63) is 27.8 Å². The number of pyridine rings is 1. The van der Waals surface area contributed by atoms with Gasteiger partial charge in [-0.15, -0.1) is 4.91 Å². The molecule has 0 bridgehead atoms. The first-order valence-corrected chi connectivity index (χ1v) is 8.65. The summed E-state index contributed by atoms with van der Waals surface area (Å²) in [7, 11) is 0. The standard InChI is InChI=1S/C18H25N3O2/c1-18(2)9-5-6-12(10-18)20-16-14-8-4-3-7-13(14)15(11-19-16)17(22)21-23/h11-12H,3-10H2,1-2H3,(H,19,20). The lowest BCUT2D eigenvalue weighted by molar-refractivity contribution is 0.0999. The lowest BCUT2D eigenvalue weighted by Gasteiger charge is -2.36. The van der Waals surface area contributed by atoms with Crippen LogP contribution in [0.3, 0.4) is 0 Å². The van der Waals surface area contributed by atoms with Gasteiger partial charge in [0.05, 0.1) is 5.56 Å². The summed E-state index contributed by atoms with van der Waals surface area (Å²) in [4.78, 5) is 26.8. The molecule has 0 aromatic carbocycles. The van der Waals surface area contributed by atoms with Crippen molar-refractivity contribution in [1.29, 1.82) is 0 Å². The first-order valence-electron chi connectivity index (χ1n) is 8.65. The van der Waals surface area contributed by atoms with Crippen LogP contribution in [0.4, 0.5) is 5.82 Å². The van der Waals surface area contributed by atoms with Gasteiger partial charge in [0, 0.05) is 17.4 Å². The Kier molecular flexibility index (Phi) is 4.46. The fourth-order valence-corrected chi connectivity index (χ4v) is 4.12. The van der Waals surface area contributed by atoms with Crippen LogP contribution in [-0.4, -0.2) is 16.9 Å². The summed E-state index contributed by atoms with van der Waals surface area (Å²) in [5, 5.41) is 6.20. The molecule has 5 heteroatoms. The second kappa shape index (κ2) is 6.38. The van der Waals surface area contributed by atoms with Gasteiger partial charge in [-0.2, -0.15) is 0 Å². The molecule has 1 heterocycles. The Bertz CT molecular complexity index is 625. The van der Waals surface area contributed by atoms with Crippen LogP contribution in [0.5, 0.6) is 0 Å². The summed E-state index contributed by atoms with van der Waals surface area (Å²) < 4.78 is 0. The third-order valence-corrected chi connectivity index (χ3v) is 5.26. The molecule has 0 aliphatic heterocycles. The zero-order valence-corrected chi connectivity index (χ0v) is 14.0. The largest absolute Gasteiger partial charge is 0.367 e. The average Bonchev–Trinajstić information content (AvgIpc) is 2.53. The van der Waals surface area contributed by atoms with Gasteiger partial charge in [-0.1, -0.05) is 20.3 Å². The van der Waals surface area contributed by atoms with E-state index in [1.54, 1.807) is 0 Å². The van der Waals surface area contributed by atoms with E-state index in [0.29, 0.717) is 17.0 Å². The minimum absolute atomic E-state index is 0.368. The normalized spacial score (nSPS) is 23.0. The SMILES string of the molecule is CC1(C)CCCC(Nc2ncc(C(=O)N=O)c3c2CCCC3)C1. The average molecular weight is 315 g/mol. The number of rotatable bonds is 3. The molecule has 1 amide bonds. The van der Waals surface area contributed by atoms with Crippen LogP contribution in [0, 0.1) is 10.3 Å². The van der Waals surface area contributed by atoms with E-state index in [1.807, 2.05) is 0 Å². The van der Waals surface area contributed by atoms with Gasteiger partial charge in [0.15, 0.2) is 0 Å². The molecule has 1 unspecified atom stereocenters. The van der Waals surface area contributed by atoms with Crippen LogP contribution in [0.1, 0.15) is 73.9 Å². The Morgan fingerprint density at radius 1 is 1.26 bits per heavy atom. The van der Waals surface area contributed by atoms with Gasteiger partial charge < -0.3 is 5.32 Å².